The van der Waals surface area contributed by atoms with Crippen LogP contribution in [0.2, 0.25) is 5.02 Å². The summed E-state index contributed by atoms with van der Waals surface area (Å²) in [7, 11) is 0. The van der Waals surface area contributed by atoms with Crippen LogP contribution in [0.25, 0.3) is 39.0 Å². The zero-order valence-corrected chi connectivity index (χ0v) is 17.7. The van der Waals surface area contributed by atoms with Gasteiger partial charge in [-0.3, -0.25) is 4.98 Å². The maximum atomic E-state index is 9.72. The molecular formula is C25H17ClN4O. The summed E-state index contributed by atoms with van der Waals surface area (Å²) in [6, 6.07) is 19.7. The SMILES string of the molecule is Cc1noc(C)c1-c1cnc2c(-c3ccccc3)cn(-c3c(Cl)cccc3C#N)c2c1. The number of fused-ring (bicyclic) bond motifs is 1. The van der Waals surface area contributed by atoms with E-state index < -0.39 is 0 Å². The van der Waals surface area contributed by atoms with Gasteiger partial charge in [0, 0.05) is 29.1 Å². The van der Waals surface area contributed by atoms with Gasteiger partial charge >= 0.3 is 0 Å². The fourth-order valence-electron chi connectivity index (χ4n) is 4.00. The predicted octanol–water partition coefficient (Wildman–Crippen LogP) is 6.49. The highest BCUT2D eigenvalue weighted by Crippen LogP contribution is 2.37. The van der Waals surface area contributed by atoms with E-state index in [-0.39, 0.29) is 0 Å². The molecule has 5 aromatic rings. The Balaban J connectivity index is 1.86. The molecule has 6 heteroatoms. The van der Waals surface area contributed by atoms with Gasteiger partial charge in [-0.2, -0.15) is 5.26 Å². The van der Waals surface area contributed by atoms with Crippen molar-refractivity contribution in [2.24, 2.45) is 0 Å². The van der Waals surface area contributed by atoms with Crippen molar-refractivity contribution in [3.8, 4) is 34.0 Å². The van der Waals surface area contributed by atoms with Crippen LogP contribution in [0.3, 0.4) is 0 Å². The summed E-state index contributed by atoms with van der Waals surface area (Å²) >= 11 is 6.57. The van der Waals surface area contributed by atoms with Gasteiger partial charge in [-0.15, -0.1) is 0 Å². The molecule has 0 unspecified atom stereocenters. The second-order valence-corrected chi connectivity index (χ2v) is 7.72. The first kappa shape index (κ1) is 19.1. The van der Waals surface area contributed by atoms with E-state index in [1.807, 2.05) is 67.2 Å². The van der Waals surface area contributed by atoms with Gasteiger partial charge in [-0.1, -0.05) is 53.2 Å². The summed E-state index contributed by atoms with van der Waals surface area (Å²) in [5.41, 5.74) is 7.42. The van der Waals surface area contributed by atoms with Crippen molar-refractivity contribution < 1.29 is 4.52 Å². The molecule has 0 atom stereocenters. The Kier molecular flexibility index (Phi) is 4.58. The minimum absolute atomic E-state index is 0.492. The van der Waals surface area contributed by atoms with Crippen LogP contribution in [0.5, 0.6) is 0 Å². The fourth-order valence-corrected chi connectivity index (χ4v) is 4.27. The topological polar surface area (TPSA) is 67.6 Å². The second-order valence-electron chi connectivity index (χ2n) is 7.32. The zero-order valence-electron chi connectivity index (χ0n) is 16.9. The number of hydrogen-bond donors (Lipinski definition) is 0. The van der Waals surface area contributed by atoms with Gasteiger partial charge in [-0.05, 0) is 37.6 Å². The van der Waals surface area contributed by atoms with Crippen LogP contribution >= 0.6 is 11.6 Å². The molecule has 0 saturated carbocycles. The Labute approximate surface area is 184 Å². The first-order valence-electron chi connectivity index (χ1n) is 9.77. The van der Waals surface area contributed by atoms with E-state index in [2.05, 4.69) is 11.2 Å². The molecule has 0 saturated heterocycles. The highest BCUT2D eigenvalue weighted by atomic mass is 35.5. The molecule has 5 nitrogen and oxygen atoms in total. The van der Waals surface area contributed by atoms with Crippen molar-refractivity contribution in [3.05, 3.63) is 89.0 Å². The molecule has 2 aromatic carbocycles. The molecule has 5 rings (SSSR count). The maximum Gasteiger partial charge on any atom is 0.141 e. The van der Waals surface area contributed by atoms with Crippen LogP contribution in [0, 0.1) is 25.2 Å². The number of pyridine rings is 1. The number of halogens is 1. The Bertz CT molecular complexity index is 1460. The van der Waals surface area contributed by atoms with Gasteiger partial charge in [-0.25, -0.2) is 0 Å². The van der Waals surface area contributed by atoms with E-state index in [9.17, 15) is 5.26 Å². The van der Waals surface area contributed by atoms with Gasteiger partial charge in [0.05, 0.1) is 33.0 Å². The van der Waals surface area contributed by atoms with E-state index in [1.165, 1.54) is 0 Å². The van der Waals surface area contributed by atoms with E-state index >= 15 is 0 Å². The Morgan fingerprint density at radius 3 is 2.55 bits per heavy atom. The van der Waals surface area contributed by atoms with Crippen LogP contribution in [0.4, 0.5) is 0 Å². The number of rotatable bonds is 3. The largest absolute Gasteiger partial charge is 0.361 e. The van der Waals surface area contributed by atoms with Crippen LogP contribution in [0.1, 0.15) is 17.0 Å². The third-order valence-electron chi connectivity index (χ3n) is 5.40. The standard InChI is InChI=1S/C25H17ClN4O/c1-15-23(16(2)31-29-15)19-11-22-24(28-13-19)20(17-7-4-3-5-8-17)14-30(22)25-18(12-27)9-6-10-21(25)26/h3-11,13-14H,1-2H3. The quantitative estimate of drug-likeness (QED) is 0.332. The molecule has 0 aliphatic rings. The highest BCUT2D eigenvalue weighted by Gasteiger charge is 2.19. The van der Waals surface area contributed by atoms with Crippen LogP contribution in [-0.4, -0.2) is 14.7 Å². The number of hydrogen-bond acceptors (Lipinski definition) is 4. The smallest absolute Gasteiger partial charge is 0.141 e. The number of nitrogens with zero attached hydrogens (tertiary/aromatic N) is 4. The van der Waals surface area contributed by atoms with Crippen molar-refractivity contribution in [1.82, 2.24) is 14.7 Å². The number of aryl methyl sites for hydroxylation is 2. The van der Waals surface area contributed by atoms with Gasteiger partial charge in [0.25, 0.3) is 0 Å². The number of aromatic nitrogens is 3. The summed E-state index contributed by atoms with van der Waals surface area (Å²) in [5, 5.41) is 14.3. The molecule has 0 fully saturated rings. The lowest BCUT2D eigenvalue weighted by molar-refractivity contribution is 0.393. The van der Waals surface area contributed by atoms with Gasteiger partial charge in [0.2, 0.25) is 0 Å². The van der Waals surface area contributed by atoms with Gasteiger partial charge in [0.1, 0.15) is 11.8 Å². The monoisotopic (exact) mass is 424 g/mol. The molecule has 150 valence electrons. The Morgan fingerprint density at radius 1 is 1.03 bits per heavy atom. The van der Waals surface area contributed by atoms with Crippen LogP contribution < -0.4 is 0 Å². The Hall–Kier alpha value is -3.88. The van der Waals surface area contributed by atoms with Crippen molar-refractivity contribution >= 4 is 22.6 Å². The lowest BCUT2D eigenvalue weighted by Gasteiger charge is -2.10. The van der Waals surface area contributed by atoms with E-state index in [1.54, 1.807) is 18.2 Å². The molecule has 3 heterocycles. The summed E-state index contributed by atoms with van der Waals surface area (Å²) in [6.07, 6.45) is 3.83. The molecule has 0 radical (unpaired) electrons. The number of nitriles is 1. The Morgan fingerprint density at radius 2 is 1.84 bits per heavy atom. The normalized spacial score (nSPS) is 11.0. The third kappa shape index (κ3) is 3.09. The molecule has 0 N–H and O–H groups in total. The van der Waals surface area contributed by atoms with Gasteiger partial charge < -0.3 is 9.09 Å². The van der Waals surface area contributed by atoms with Crippen molar-refractivity contribution in [3.63, 3.8) is 0 Å². The first-order valence-corrected chi connectivity index (χ1v) is 10.1. The minimum atomic E-state index is 0.492. The average molecular weight is 425 g/mol. The lowest BCUT2D eigenvalue weighted by atomic mass is 10.0. The summed E-state index contributed by atoms with van der Waals surface area (Å²) in [4.78, 5) is 4.81. The van der Waals surface area contributed by atoms with E-state index in [0.717, 1.165) is 44.7 Å². The zero-order chi connectivity index (χ0) is 21.5. The molecule has 0 amide bonds. The molecular weight excluding hydrogens is 408 g/mol. The fraction of sp³-hybridized carbons (Fsp3) is 0.0800. The van der Waals surface area contributed by atoms with E-state index in [0.29, 0.717) is 16.3 Å². The summed E-state index contributed by atoms with van der Waals surface area (Å²) in [5.74, 6) is 0.732. The number of para-hydroxylation sites is 1. The number of benzene rings is 2. The van der Waals surface area contributed by atoms with Crippen molar-refractivity contribution in [1.29, 1.82) is 5.26 Å². The predicted molar refractivity (Wildman–Crippen MR) is 121 cm³/mol. The molecule has 3 aromatic heterocycles. The summed E-state index contributed by atoms with van der Waals surface area (Å²) in [6.45, 7) is 3.79. The molecule has 0 spiro atoms. The molecule has 0 aliphatic heterocycles. The van der Waals surface area contributed by atoms with Crippen LogP contribution in [-0.2, 0) is 0 Å². The van der Waals surface area contributed by atoms with Crippen LogP contribution in [0.15, 0.2) is 71.5 Å². The van der Waals surface area contributed by atoms with Crippen molar-refractivity contribution in [2.75, 3.05) is 0 Å². The van der Waals surface area contributed by atoms with E-state index in [4.69, 9.17) is 21.1 Å². The third-order valence-corrected chi connectivity index (χ3v) is 5.70. The minimum Gasteiger partial charge on any atom is -0.361 e. The highest BCUT2D eigenvalue weighted by molar-refractivity contribution is 6.32. The molecule has 31 heavy (non-hydrogen) atoms. The average Bonchev–Trinajstić information content (AvgIpc) is 3.33. The first-order chi connectivity index (χ1) is 15.1. The molecule has 0 aliphatic carbocycles. The second kappa shape index (κ2) is 7.42. The summed E-state index contributed by atoms with van der Waals surface area (Å²) < 4.78 is 7.31. The van der Waals surface area contributed by atoms with Gasteiger partial charge in [0.15, 0.2) is 0 Å². The molecule has 0 bridgehead atoms. The maximum absolute atomic E-state index is 9.72. The lowest BCUT2D eigenvalue weighted by Crippen LogP contribution is -1.98. The van der Waals surface area contributed by atoms with Crippen molar-refractivity contribution in [2.45, 2.75) is 13.8 Å².